The van der Waals surface area contributed by atoms with Gasteiger partial charge >= 0.3 is 5.97 Å². The fourth-order valence-electron chi connectivity index (χ4n) is 2.50. The highest BCUT2D eigenvalue weighted by Gasteiger charge is 2.13. The molecule has 158 valence electrons. The highest BCUT2D eigenvalue weighted by atomic mass is 16.6. The molecule has 1 aromatic heterocycles. The highest BCUT2D eigenvalue weighted by molar-refractivity contribution is 5.93. The van der Waals surface area contributed by atoms with Crippen molar-refractivity contribution in [3.8, 4) is 17.2 Å². The molecule has 1 N–H and O–H groups in total. The molecule has 0 aliphatic carbocycles. The number of esters is 1. The van der Waals surface area contributed by atoms with E-state index in [1.165, 1.54) is 31.9 Å². The van der Waals surface area contributed by atoms with Gasteiger partial charge in [0.25, 0.3) is 5.91 Å². The number of carbonyl (C=O) groups is 2. The molecule has 0 saturated carbocycles. The number of methoxy groups -OCH3 is 1. The first-order valence-electron chi connectivity index (χ1n) is 9.33. The summed E-state index contributed by atoms with van der Waals surface area (Å²) in [6.07, 6.45) is 5.64. The summed E-state index contributed by atoms with van der Waals surface area (Å²) in [5.41, 5.74) is 3.51. The average Bonchev–Trinajstić information content (AvgIpc) is 2.81. The number of hydrogen-bond donors (Lipinski definition) is 1. The summed E-state index contributed by atoms with van der Waals surface area (Å²) < 4.78 is 16.1. The molecule has 1 heterocycles. The van der Waals surface area contributed by atoms with E-state index >= 15 is 0 Å². The van der Waals surface area contributed by atoms with Gasteiger partial charge < -0.3 is 14.2 Å². The lowest BCUT2D eigenvalue weighted by Gasteiger charge is -2.10. The molecule has 1 amide bonds. The van der Waals surface area contributed by atoms with Crippen LogP contribution in [-0.2, 0) is 0 Å². The van der Waals surface area contributed by atoms with E-state index in [1.807, 2.05) is 6.92 Å². The molecular weight excluding hydrogens is 400 g/mol. The molecule has 0 saturated heterocycles. The van der Waals surface area contributed by atoms with E-state index < -0.39 is 11.9 Å². The molecule has 0 aliphatic rings. The summed E-state index contributed by atoms with van der Waals surface area (Å²) in [5.74, 6) is 0.244. The van der Waals surface area contributed by atoms with Crippen LogP contribution in [-0.4, -0.2) is 41.8 Å². The van der Waals surface area contributed by atoms with Gasteiger partial charge in [-0.2, -0.15) is 5.10 Å². The minimum absolute atomic E-state index is 0.147. The molecule has 2 aromatic carbocycles. The molecule has 3 rings (SSSR count). The Kier molecular flexibility index (Phi) is 7.26. The maximum atomic E-state index is 12.4. The van der Waals surface area contributed by atoms with Crippen molar-refractivity contribution in [2.24, 2.45) is 5.10 Å². The summed E-state index contributed by atoms with van der Waals surface area (Å²) in [5, 5.41) is 3.89. The fraction of sp³-hybridized carbons (Fsp3) is 0.136. The molecule has 0 fully saturated rings. The summed E-state index contributed by atoms with van der Waals surface area (Å²) in [6.45, 7) is 2.43. The van der Waals surface area contributed by atoms with Gasteiger partial charge in [0, 0.05) is 12.4 Å². The Morgan fingerprint density at radius 3 is 2.58 bits per heavy atom. The van der Waals surface area contributed by atoms with Gasteiger partial charge in [0.15, 0.2) is 11.5 Å². The SMILES string of the molecule is CCOc1ccc(C(=O)Oc2ccc(/C=N/NC(=O)c3cnccn3)cc2OC)cc1. The van der Waals surface area contributed by atoms with Crippen molar-refractivity contribution in [3.63, 3.8) is 0 Å². The second-order valence-corrected chi connectivity index (χ2v) is 6.05. The van der Waals surface area contributed by atoms with Crippen molar-refractivity contribution in [3.05, 3.63) is 77.9 Å². The van der Waals surface area contributed by atoms with Crippen LogP contribution in [0.3, 0.4) is 0 Å². The number of nitrogens with one attached hydrogen (secondary N) is 1. The van der Waals surface area contributed by atoms with Gasteiger partial charge in [0.05, 0.1) is 31.7 Å². The van der Waals surface area contributed by atoms with Crippen LogP contribution in [0.1, 0.15) is 33.3 Å². The third-order valence-electron chi connectivity index (χ3n) is 3.97. The Morgan fingerprint density at radius 2 is 1.90 bits per heavy atom. The molecular formula is C22H20N4O5. The molecule has 31 heavy (non-hydrogen) atoms. The van der Waals surface area contributed by atoms with Crippen molar-refractivity contribution in [2.75, 3.05) is 13.7 Å². The monoisotopic (exact) mass is 420 g/mol. The van der Waals surface area contributed by atoms with Gasteiger partial charge in [-0.3, -0.25) is 9.78 Å². The molecule has 9 heteroatoms. The smallest absolute Gasteiger partial charge is 0.343 e. The van der Waals surface area contributed by atoms with Crippen LogP contribution >= 0.6 is 0 Å². The summed E-state index contributed by atoms with van der Waals surface area (Å²) in [7, 11) is 1.46. The van der Waals surface area contributed by atoms with E-state index in [9.17, 15) is 9.59 Å². The van der Waals surface area contributed by atoms with Gasteiger partial charge in [0.2, 0.25) is 0 Å². The molecule has 0 radical (unpaired) electrons. The number of hydrazone groups is 1. The minimum atomic E-state index is -0.529. The summed E-state index contributed by atoms with van der Waals surface area (Å²) in [6, 6.07) is 11.5. The Hall–Kier alpha value is -4.27. The van der Waals surface area contributed by atoms with Crippen molar-refractivity contribution < 1.29 is 23.8 Å². The second-order valence-electron chi connectivity index (χ2n) is 6.05. The van der Waals surface area contributed by atoms with E-state index in [0.29, 0.717) is 29.2 Å². The number of hydrogen-bond acceptors (Lipinski definition) is 8. The lowest BCUT2D eigenvalue weighted by molar-refractivity contribution is 0.0729. The quantitative estimate of drug-likeness (QED) is 0.258. The van der Waals surface area contributed by atoms with Crippen LogP contribution in [0.5, 0.6) is 17.2 Å². The molecule has 9 nitrogen and oxygen atoms in total. The van der Waals surface area contributed by atoms with Gasteiger partial charge in [-0.05, 0) is 55.0 Å². The molecule has 3 aromatic rings. The van der Waals surface area contributed by atoms with Crippen molar-refractivity contribution in [2.45, 2.75) is 6.92 Å². The van der Waals surface area contributed by atoms with E-state index in [0.717, 1.165) is 0 Å². The van der Waals surface area contributed by atoms with E-state index in [2.05, 4.69) is 20.5 Å². The predicted molar refractivity (Wildman–Crippen MR) is 113 cm³/mol. The van der Waals surface area contributed by atoms with Crippen LogP contribution in [0.4, 0.5) is 0 Å². The zero-order valence-electron chi connectivity index (χ0n) is 16.9. The predicted octanol–water partition coefficient (Wildman–Crippen LogP) is 2.87. The zero-order valence-corrected chi connectivity index (χ0v) is 16.9. The van der Waals surface area contributed by atoms with Crippen LogP contribution in [0.2, 0.25) is 0 Å². The molecule has 0 unspecified atom stereocenters. The average molecular weight is 420 g/mol. The van der Waals surface area contributed by atoms with Crippen molar-refractivity contribution in [1.29, 1.82) is 0 Å². The summed E-state index contributed by atoms with van der Waals surface area (Å²) in [4.78, 5) is 32.0. The van der Waals surface area contributed by atoms with Crippen LogP contribution in [0.25, 0.3) is 0 Å². The van der Waals surface area contributed by atoms with E-state index in [4.69, 9.17) is 14.2 Å². The Bertz CT molecular complexity index is 1070. The van der Waals surface area contributed by atoms with Gasteiger partial charge in [0.1, 0.15) is 11.4 Å². The van der Waals surface area contributed by atoms with Crippen molar-refractivity contribution >= 4 is 18.1 Å². The number of ether oxygens (including phenoxy) is 3. The Labute approximate surface area is 178 Å². The Balaban J connectivity index is 1.65. The van der Waals surface area contributed by atoms with Crippen molar-refractivity contribution in [1.82, 2.24) is 15.4 Å². The lowest BCUT2D eigenvalue weighted by Crippen LogP contribution is -2.19. The third-order valence-corrected chi connectivity index (χ3v) is 3.97. The number of aromatic nitrogens is 2. The van der Waals surface area contributed by atoms with E-state index in [-0.39, 0.29) is 11.4 Å². The zero-order chi connectivity index (χ0) is 22.1. The number of amides is 1. The first-order valence-corrected chi connectivity index (χ1v) is 9.33. The summed E-state index contributed by atoms with van der Waals surface area (Å²) >= 11 is 0. The number of rotatable bonds is 8. The maximum Gasteiger partial charge on any atom is 0.343 e. The van der Waals surface area contributed by atoms with E-state index in [1.54, 1.807) is 42.5 Å². The maximum absolute atomic E-state index is 12.4. The molecule has 0 bridgehead atoms. The topological polar surface area (TPSA) is 112 Å². The van der Waals surface area contributed by atoms with Gasteiger partial charge in [-0.25, -0.2) is 15.2 Å². The number of carbonyl (C=O) groups excluding carboxylic acids is 2. The third kappa shape index (κ3) is 5.86. The number of nitrogens with zero attached hydrogens (tertiary/aromatic N) is 3. The molecule has 0 aliphatic heterocycles. The van der Waals surface area contributed by atoms with Gasteiger partial charge in [-0.1, -0.05) is 0 Å². The largest absolute Gasteiger partial charge is 0.494 e. The first-order chi connectivity index (χ1) is 15.1. The standard InChI is InChI=1S/C22H20N4O5/c1-3-30-17-7-5-16(6-8-17)22(28)31-19-9-4-15(12-20(19)29-2)13-25-26-21(27)18-14-23-10-11-24-18/h4-14H,3H2,1-2H3,(H,26,27)/b25-13+. The fourth-order valence-corrected chi connectivity index (χ4v) is 2.50. The first kappa shape index (κ1) is 21.4. The molecule has 0 spiro atoms. The van der Waals surface area contributed by atoms with Crippen LogP contribution in [0, 0.1) is 0 Å². The second kappa shape index (κ2) is 10.5. The Morgan fingerprint density at radius 1 is 1.10 bits per heavy atom. The van der Waals surface area contributed by atoms with Crippen LogP contribution < -0.4 is 19.6 Å². The van der Waals surface area contributed by atoms with Gasteiger partial charge in [-0.15, -0.1) is 0 Å². The normalized spacial score (nSPS) is 10.5. The minimum Gasteiger partial charge on any atom is -0.494 e. The van der Waals surface area contributed by atoms with Crippen LogP contribution in [0.15, 0.2) is 66.2 Å². The highest BCUT2D eigenvalue weighted by Crippen LogP contribution is 2.28. The molecule has 0 atom stereocenters. The lowest BCUT2D eigenvalue weighted by atomic mass is 10.2. The number of benzene rings is 2.